The number of carboxylic acid groups (broad SMARTS) is 1. The lowest BCUT2D eigenvalue weighted by atomic mass is 10.1. The number of hydrogen-bond donors (Lipinski definition) is 2. The molecule has 3 aromatic rings. The van der Waals surface area contributed by atoms with Crippen LogP contribution in [0.25, 0.3) is 10.9 Å². The molecule has 27 heavy (non-hydrogen) atoms. The van der Waals surface area contributed by atoms with Gasteiger partial charge < -0.3 is 24.9 Å². The molecule has 6 heteroatoms. The Hall–Kier alpha value is -3.28. The Kier molecular flexibility index (Phi) is 5.45. The third-order valence-corrected chi connectivity index (χ3v) is 4.28. The fourth-order valence-electron chi connectivity index (χ4n) is 3.11. The number of aryl methyl sites for hydroxylation is 2. The summed E-state index contributed by atoms with van der Waals surface area (Å²) in [5.74, 6) is -1.27. The number of para-hydroxylation sites is 1. The molecule has 2 N–H and O–H groups in total. The maximum absolute atomic E-state index is 12.2. The molecule has 140 valence electrons. The Morgan fingerprint density at radius 1 is 1.15 bits per heavy atom. The standard InChI is InChI=1S/C21H22N2O4/c1-13-7-14(2)9-16(8-13)27-12-20(24)23-19(21(25)26)10-15-11-22-18-6-4-3-5-17(15)18/h3-9,11,19,22H,10,12H2,1-2H3,(H,23,24)(H,25,26)/p-1. The number of amides is 1. The number of aromatic nitrogens is 1. The molecule has 0 aliphatic carbocycles. The van der Waals surface area contributed by atoms with Gasteiger partial charge in [0, 0.05) is 23.5 Å². The zero-order chi connectivity index (χ0) is 19.4. The molecule has 2 aromatic carbocycles. The van der Waals surface area contributed by atoms with Gasteiger partial charge in [0.1, 0.15) is 5.75 Å². The van der Waals surface area contributed by atoms with Crippen LogP contribution in [0.1, 0.15) is 16.7 Å². The van der Waals surface area contributed by atoms with E-state index < -0.39 is 17.9 Å². The predicted octanol–water partition coefficient (Wildman–Crippen LogP) is 1.64. The van der Waals surface area contributed by atoms with Gasteiger partial charge in [0.05, 0.1) is 12.0 Å². The Labute approximate surface area is 157 Å². The first-order chi connectivity index (χ1) is 12.9. The molecule has 1 unspecified atom stereocenters. The molecule has 1 aromatic heterocycles. The van der Waals surface area contributed by atoms with E-state index in [-0.39, 0.29) is 13.0 Å². The number of carboxylic acids is 1. The van der Waals surface area contributed by atoms with Crippen molar-refractivity contribution in [1.29, 1.82) is 0 Å². The highest BCUT2D eigenvalue weighted by atomic mass is 16.5. The summed E-state index contributed by atoms with van der Waals surface area (Å²) in [5, 5.41) is 14.9. The highest BCUT2D eigenvalue weighted by molar-refractivity contribution is 5.86. The first kappa shape index (κ1) is 18.5. The Balaban J connectivity index is 1.63. The second kappa shape index (κ2) is 7.95. The molecular weight excluding hydrogens is 344 g/mol. The number of ether oxygens (including phenoxy) is 1. The Morgan fingerprint density at radius 3 is 2.56 bits per heavy atom. The van der Waals surface area contributed by atoms with Gasteiger partial charge in [-0.25, -0.2) is 0 Å². The van der Waals surface area contributed by atoms with Crippen molar-refractivity contribution < 1.29 is 19.4 Å². The predicted molar refractivity (Wildman–Crippen MR) is 100 cm³/mol. The minimum Gasteiger partial charge on any atom is -0.548 e. The van der Waals surface area contributed by atoms with Gasteiger partial charge in [0.25, 0.3) is 5.91 Å². The smallest absolute Gasteiger partial charge is 0.258 e. The monoisotopic (exact) mass is 365 g/mol. The van der Waals surface area contributed by atoms with E-state index in [1.165, 1.54) is 0 Å². The molecule has 0 bridgehead atoms. The first-order valence-electron chi connectivity index (χ1n) is 8.68. The zero-order valence-electron chi connectivity index (χ0n) is 15.2. The molecule has 1 amide bonds. The van der Waals surface area contributed by atoms with Gasteiger partial charge in [-0.15, -0.1) is 0 Å². The zero-order valence-corrected chi connectivity index (χ0v) is 15.2. The topological polar surface area (TPSA) is 94.2 Å². The van der Waals surface area contributed by atoms with E-state index in [2.05, 4.69) is 10.3 Å². The summed E-state index contributed by atoms with van der Waals surface area (Å²) in [4.78, 5) is 26.7. The Morgan fingerprint density at radius 2 is 1.85 bits per heavy atom. The number of aliphatic carboxylic acids is 1. The van der Waals surface area contributed by atoms with Crippen molar-refractivity contribution in [2.24, 2.45) is 0 Å². The summed E-state index contributed by atoms with van der Waals surface area (Å²) >= 11 is 0. The van der Waals surface area contributed by atoms with E-state index in [1.807, 2.05) is 56.3 Å². The number of nitrogens with one attached hydrogen (secondary N) is 2. The van der Waals surface area contributed by atoms with Crippen LogP contribution in [0.5, 0.6) is 5.75 Å². The molecule has 6 nitrogen and oxygen atoms in total. The summed E-state index contributed by atoms with van der Waals surface area (Å²) in [7, 11) is 0. The molecular formula is C21H21N2O4-. The van der Waals surface area contributed by atoms with Gasteiger partial charge in [-0.05, 0) is 48.7 Å². The number of carbonyl (C=O) groups excluding carboxylic acids is 2. The van der Waals surface area contributed by atoms with Gasteiger partial charge in [0.15, 0.2) is 6.61 Å². The molecule has 0 fully saturated rings. The third kappa shape index (κ3) is 4.67. The molecule has 0 saturated heterocycles. The highest BCUT2D eigenvalue weighted by Gasteiger charge is 2.17. The van der Waals surface area contributed by atoms with Crippen molar-refractivity contribution in [1.82, 2.24) is 10.3 Å². The highest BCUT2D eigenvalue weighted by Crippen LogP contribution is 2.19. The van der Waals surface area contributed by atoms with Crippen LogP contribution in [0.2, 0.25) is 0 Å². The average Bonchev–Trinajstić information content (AvgIpc) is 3.02. The van der Waals surface area contributed by atoms with Crippen LogP contribution in [0, 0.1) is 13.8 Å². The van der Waals surface area contributed by atoms with E-state index >= 15 is 0 Å². The Bertz CT molecular complexity index is 957. The number of carbonyl (C=O) groups is 2. The van der Waals surface area contributed by atoms with Crippen molar-refractivity contribution in [3.63, 3.8) is 0 Å². The molecule has 3 rings (SSSR count). The summed E-state index contributed by atoms with van der Waals surface area (Å²) in [5.41, 5.74) is 3.76. The van der Waals surface area contributed by atoms with Crippen molar-refractivity contribution in [2.75, 3.05) is 6.61 Å². The van der Waals surface area contributed by atoms with Crippen molar-refractivity contribution in [2.45, 2.75) is 26.3 Å². The first-order valence-corrected chi connectivity index (χ1v) is 8.68. The molecule has 0 aliphatic heterocycles. The molecule has 0 saturated carbocycles. The third-order valence-electron chi connectivity index (χ3n) is 4.28. The van der Waals surface area contributed by atoms with E-state index in [1.54, 1.807) is 6.20 Å². The summed E-state index contributed by atoms with van der Waals surface area (Å²) < 4.78 is 5.48. The molecule has 1 heterocycles. The van der Waals surface area contributed by atoms with Gasteiger partial charge in [0.2, 0.25) is 0 Å². The van der Waals surface area contributed by atoms with Crippen molar-refractivity contribution in [3.8, 4) is 5.75 Å². The quantitative estimate of drug-likeness (QED) is 0.665. The summed E-state index contributed by atoms with van der Waals surface area (Å²) in [6.07, 6.45) is 1.88. The molecule has 0 spiro atoms. The van der Waals surface area contributed by atoms with E-state index in [4.69, 9.17) is 4.74 Å². The van der Waals surface area contributed by atoms with Crippen LogP contribution in [-0.2, 0) is 16.0 Å². The number of H-pyrrole nitrogens is 1. The van der Waals surface area contributed by atoms with Gasteiger partial charge in [-0.2, -0.15) is 0 Å². The lowest BCUT2D eigenvalue weighted by Crippen LogP contribution is -2.50. The molecule has 1 atom stereocenters. The van der Waals surface area contributed by atoms with Crippen molar-refractivity contribution >= 4 is 22.8 Å². The summed E-state index contributed by atoms with van der Waals surface area (Å²) in [6, 6.07) is 12.1. The number of fused-ring (bicyclic) bond motifs is 1. The largest absolute Gasteiger partial charge is 0.548 e. The average molecular weight is 365 g/mol. The fourth-order valence-corrected chi connectivity index (χ4v) is 3.11. The number of aromatic amines is 1. The minimum absolute atomic E-state index is 0.127. The van der Waals surface area contributed by atoms with E-state index in [9.17, 15) is 14.7 Å². The number of rotatable bonds is 7. The maximum atomic E-state index is 12.2. The molecule has 0 aliphatic rings. The van der Waals surface area contributed by atoms with Crippen LogP contribution in [0.3, 0.4) is 0 Å². The van der Waals surface area contributed by atoms with Gasteiger partial charge in [-0.3, -0.25) is 4.79 Å². The van der Waals surface area contributed by atoms with Crippen LogP contribution >= 0.6 is 0 Å². The van der Waals surface area contributed by atoms with Gasteiger partial charge in [-0.1, -0.05) is 24.3 Å². The lowest BCUT2D eigenvalue weighted by molar-refractivity contribution is -0.308. The summed E-state index contributed by atoms with van der Waals surface area (Å²) in [6.45, 7) is 3.61. The number of hydrogen-bond acceptors (Lipinski definition) is 4. The van der Waals surface area contributed by atoms with Crippen molar-refractivity contribution in [3.05, 3.63) is 65.4 Å². The normalized spacial score (nSPS) is 11.9. The second-order valence-corrected chi connectivity index (χ2v) is 6.61. The maximum Gasteiger partial charge on any atom is 0.258 e. The van der Waals surface area contributed by atoms with Crippen LogP contribution in [-0.4, -0.2) is 29.5 Å². The van der Waals surface area contributed by atoms with Crippen LogP contribution in [0.15, 0.2) is 48.7 Å². The minimum atomic E-state index is -1.33. The SMILES string of the molecule is Cc1cc(C)cc(OCC(=O)NC(Cc2c[nH]c3ccccc23)C(=O)[O-])c1. The second-order valence-electron chi connectivity index (χ2n) is 6.61. The lowest BCUT2D eigenvalue weighted by Gasteiger charge is -2.19. The fraction of sp³-hybridized carbons (Fsp3) is 0.238. The number of benzene rings is 2. The van der Waals surface area contributed by atoms with E-state index in [0.717, 1.165) is 27.6 Å². The van der Waals surface area contributed by atoms with Crippen LogP contribution < -0.4 is 15.2 Å². The van der Waals surface area contributed by atoms with Crippen LogP contribution in [0.4, 0.5) is 0 Å². The molecule has 0 radical (unpaired) electrons. The van der Waals surface area contributed by atoms with E-state index in [0.29, 0.717) is 5.75 Å². The van der Waals surface area contributed by atoms with Gasteiger partial charge >= 0.3 is 0 Å².